The van der Waals surface area contributed by atoms with Crippen molar-refractivity contribution in [1.29, 1.82) is 0 Å². The summed E-state index contributed by atoms with van der Waals surface area (Å²) in [5.74, 6) is -0.109. The third-order valence-corrected chi connectivity index (χ3v) is 4.65. The Morgan fingerprint density at radius 1 is 0.900 bits per heavy atom. The number of aromatic nitrogens is 3. The number of hydrogen-bond donors (Lipinski definition) is 1. The third kappa shape index (κ3) is 3.77. The fourth-order valence-electron chi connectivity index (χ4n) is 3.23. The lowest BCUT2D eigenvalue weighted by molar-refractivity contribution is -0.132. The number of benzene rings is 3. The molecule has 4 aromatic rings. The second-order valence-electron chi connectivity index (χ2n) is 6.50. The summed E-state index contributed by atoms with van der Waals surface area (Å²) in [4.78, 5) is 23.0. The summed E-state index contributed by atoms with van der Waals surface area (Å²) >= 11 is 4.49. The zero-order valence-corrected chi connectivity index (χ0v) is 17.1. The molecule has 0 bridgehead atoms. The van der Waals surface area contributed by atoms with Gasteiger partial charge < -0.3 is 9.47 Å². The number of rotatable bonds is 4. The molecular weight excluding hydrogens is 402 g/mol. The second-order valence-corrected chi connectivity index (χ2v) is 6.90. The molecule has 0 amide bonds. The molecule has 1 heterocycles. The first-order valence-corrected chi connectivity index (χ1v) is 9.52. The van der Waals surface area contributed by atoms with Gasteiger partial charge in [-0.25, -0.2) is 0 Å². The molecule has 0 saturated carbocycles. The van der Waals surface area contributed by atoms with Crippen LogP contribution in [0.1, 0.15) is 13.8 Å². The van der Waals surface area contributed by atoms with Crippen LogP contribution < -0.4 is 9.47 Å². The predicted molar refractivity (Wildman–Crippen MR) is 114 cm³/mol. The molecule has 30 heavy (non-hydrogen) atoms. The van der Waals surface area contributed by atoms with Crippen LogP contribution in [0.2, 0.25) is 0 Å². The van der Waals surface area contributed by atoms with Crippen LogP contribution in [-0.4, -0.2) is 26.7 Å². The predicted octanol–water partition coefficient (Wildman–Crippen LogP) is 4.23. The number of ether oxygens (including phenoxy) is 2. The molecule has 0 aliphatic heterocycles. The minimum atomic E-state index is -0.515. The van der Waals surface area contributed by atoms with Crippen LogP contribution in [0.25, 0.3) is 27.8 Å². The molecule has 7 nitrogen and oxygen atoms in total. The van der Waals surface area contributed by atoms with Gasteiger partial charge in [0, 0.05) is 25.3 Å². The SMILES string of the molecule is CC(=O)Oc1ccc(-c2nnc(S)n2-c2cccc3ccccc23)c(OC(C)=O)c1. The summed E-state index contributed by atoms with van der Waals surface area (Å²) in [5, 5.41) is 10.8. The summed E-state index contributed by atoms with van der Waals surface area (Å²) in [5.41, 5.74) is 1.33. The highest BCUT2D eigenvalue weighted by atomic mass is 32.1. The average molecular weight is 419 g/mol. The van der Waals surface area contributed by atoms with Crippen LogP contribution >= 0.6 is 12.6 Å². The van der Waals surface area contributed by atoms with Crippen LogP contribution in [0.4, 0.5) is 0 Å². The van der Waals surface area contributed by atoms with Crippen molar-refractivity contribution < 1.29 is 19.1 Å². The van der Waals surface area contributed by atoms with Crippen molar-refractivity contribution in [2.24, 2.45) is 0 Å². The minimum absolute atomic E-state index is 0.198. The van der Waals surface area contributed by atoms with E-state index >= 15 is 0 Å². The Hall–Kier alpha value is -3.65. The van der Waals surface area contributed by atoms with Crippen molar-refractivity contribution in [3.05, 3.63) is 60.7 Å². The Bertz CT molecular complexity index is 1280. The molecule has 0 saturated heterocycles. The van der Waals surface area contributed by atoms with E-state index in [2.05, 4.69) is 22.8 Å². The molecule has 3 aromatic carbocycles. The molecule has 4 rings (SSSR count). The van der Waals surface area contributed by atoms with Crippen molar-refractivity contribution in [2.45, 2.75) is 19.0 Å². The van der Waals surface area contributed by atoms with Crippen molar-refractivity contribution in [2.75, 3.05) is 0 Å². The van der Waals surface area contributed by atoms with Gasteiger partial charge in [-0.15, -0.1) is 22.8 Å². The zero-order valence-electron chi connectivity index (χ0n) is 16.2. The van der Waals surface area contributed by atoms with E-state index < -0.39 is 11.9 Å². The lowest BCUT2D eigenvalue weighted by atomic mass is 10.1. The third-order valence-electron chi connectivity index (χ3n) is 4.36. The van der Waals surface area contributed by atoms with Crippen molar-refractivity contribution >= 4 is 35.3 Å². The van der Waals surface area contributed by atoms with E-state index in [1.54, 1.807) is 16.7 Å². The van der Waals surface area contributed by atoms with Crippen LogP contribution in [0.15, 0.2) is 65.8 Å². The molecule has 0 aliphatic rings. The summed E-state index contributed by atoms with van der Waals surface area (Å²) in [6, 6.07) is 18.5. The van der Waals surface area contributed by atoms with E-state index in [0.29, 0.717) is 16.5 Å². The fourth-order valence-corrected chi connectivity index (χ4v) is 3.48. The lowest BCUT2D eigenvalue weighted by Crippen LogP contribution is -2.07. The monoisotopic (exact) mass is 419 g/mol. The first-order valence-electron chi connectivity index (χ1n) is 9.08. The van der Waals surface area contributed by atoms with Gasteiger partial charge in [-0.05, 0) is 23.6 Å². The van der Waals surface area contributed by atoms with Gasteiger partial charge in [0.2, 0.25) is 0 Å². The topological polar surface area (TPSA) is 83.3 Å². The fraction of sp³-hybridized carbons (Fsp3) is 0.0909. The summed E-state index contributed by atoms with van der Waals surface area (Å²) in [7, 11) is 0. The van der Waals surface area contributed by atoms with E-state index in [4.69, 9.17) is 9.47 Å². The molecule has 0 unspecified atom stereocenters. The van der Waals surface area contributed by atoms with Gasteiger partial charge in [0.25, 0.3) is 0 Å². The van der Waals surface area contributed by atoms with E-state index in [0.717, 1.165) is 16.5 Å². The molecule has 0 aliphatic carbocycles. The Balaban J connectivity index is 1.93. The number of fused-ring (bicyclic) bond motifs is 1. The number of carbonyl (C=O) groups is 2. The van der Waals surface area contributed by atoms with E-state index in [1.165, 1.54) is 19.9 Å². The van der Waals surface area contributed by atoms with Crippen molar-refractivity contribution in [3.8, 4) is 28.6 Å². The number of nitrogens with zero attached hydrogens (tertiary/aromatic N) is 3. The normalized spacial score (nSPS) is 10.8. The van der Waals surface area contributed by atoms with Crippen LogP contribution in [0.5, 0.6) is 11.5 Å². The van der Waals surface area contributed by atoms with Crippen LogP contribution in [-0.2, 0) is 9.59 Å². The lowest BCUT2D eigenvalue weighted by Gasteiger charge is -2.14. The molecule has 0 fully saturated rings. The number of esters is 2. The van der Waals surface area contributed by atoms with Gasteiger partial charge in [-0.2, -0.15) is 0 Å². The first kappa shape index (κ1) is 19.7. The molecule has 150 valence electrons. The molecular formula is C22H17N3O4S. The molecule has 0 atom stereocenters. The maximum absolute atomic E-state index is 11.7. The maximum Gasteiger partial charge on any atom is 0.308 e. The van der Waals surface area contributed by atoms with Crippen LogP contribution in [0.3, 0.4) is 0 Å². The van der Waals surface area contributed by atoms with Gasteiger partial charge in [0.15, 0.2) is 11.0 Å². The second kappa shape index (κ2) is 8.00. The van der Waals surface area contributed by atoms with E-state index in [1.807, 2.05) is 42.5 Å². The van der Waals surface area contributed by atoms with Gasteiger partial charge in [0.1, 0.15) is 11.5 Å². The maximum atomic E-state index is 11.7. The molecule has 0 radical (unpaired) electrons. The zero-order chi connectivity index (χ0) is 21.3. The van der Waals surface area contributed by atoms with E-state index in [9.17, 15) is 9.59 Å². The van der Waals surface area contributed by atoms with Crippen LogP contribution in [0, 0.1) is 0 Å². The van der Waals surface area contributed by atoms with Gasteiger partial charge in [-0.1, -0.05) is 36.4 Å². The van der Waals surface area contributed by atoms with Crippen molar-refractivity contribution in [1.82, 2.24) is 14.8 Å². The summed E-state index contributed by atoms with van der Waals surface area (Å²) < 4.78 is 12.3. The number of hydrogen-bond acceptors (Lipinski definition) is 7. The quantitative estimate of drug-likeness (QED) is 0.303. The highest BCUT2D eigenvalue weighted by molar-refractivity contribution is 7.80. The largest absolute Gasteiger partial charge is 0.427 e. The Morgan fingerprint density at radius 2 is 1.63 bits per heavy atom. The Kier molecular flexibility index (Phi) is 5.24. The van der Waals surface area contributed by atoms with Gasteiger partial charge in [-0.3, -0.25) is 14.2 Å². The standard InChI is InChI=1S/C22H17N3O4S/c1-13(26)28-16-10-11-18(20(12-16)29-14(2)27)21-23-24-22(30)25(21)19-9-5-7-15-6-3-4-8-17(15)19/h3-12H,1-2H3,(H,24,30). The van der Waals surface area contributed by atoms with E-state index in [-0.39, 0.29) is 11.5 Å². The Morgan fingerprint density at radius 3 is 2.40 bits per heavy atom. The van der Waals surface area contributed by atoms with Gasteiger partial charge >= 0.3 is 11.9 Å². The number of thiol groups is 1. The van der Waals surface area contributed by atoms with Gasteiger partial charge in [0.05, 0.1) is 11.3 Å². The van der Waals surface area contributed by atoms with Crippen molar-refractivity contribution in [3.63, 3.8) is 0 Å². The molecule has 0 N–H and O–H groups in total. The first-order chi connectivity index (χ1) is 14.4. The highest BCUT2D eigenvalue weighted by Gasteiger charge is 2.20. The smallest absolute Gasteiger partial charge is 0.308 e. The highest BCUT2D eigenvalue weighted by Crippen LogP contribution is 2.36. The summed E-state index contributed by atoms with van der Waals surface area (Å²) in [6.07, 6.45) is 0. The minimum Gasteiger partial charge on any atom is -0.427 e. The summed E-state index contributed by atoms with van der Waals surface area (Å²) in [6.45, 7) is 2.59. The molecule has 1 aromatic heterocycles. The Labute approximate surface area is 177 Å². The molecule has 8 heteroatoms. The average Bonchev–Trinajstić information content (AvgIpc) is 3.08. The number of carbonyl (C=O) groups excluding carboxylic acids is 2. The molecule has 0 spiro atoms.